The van der Waals surface area contributed by atoms with Gasteiger partial charge in [0.2, 0.25) is 0 Å². The maximum atomic E-state index is 13.4. The third-order valence-corrected chi connectivity index (χ3v) is 5.04. The van der Waals surface area contributed by atoms with Crippen molar-refractivity contribution < 1.29 is 21.6 Å². The van der Waals surface area contributed by atoms with Crippen LogP contribution in [0.25, 0.3) is 0 Å². The highest BCUT2D eigenvalue weighted by atomic mass is 32.2. The number of halogens is 3. The number of rotatable bonds is 3. The molecule has 0 spiro atoms. The molecule has 1 aromatic carbocycles. The molecular formula is C11H5F3N2O2S2. The number of hydrogen-bond donors (Lipinski definition) is 1. The summed E-state index contributed by atoms with van der Waals surface area (Å²) in [5, 5.41) is 8.61. The van der Waals surface area contributed by atoms with Gasteiger partial charge < -0.3 is 0 Å². The molecule has 0 unspecified atom stereocenters. The van der Waals surface area contributed by atoms with Crippen molar-refractivity contribution in [2.45, 2.75) is 4.21 Å². The molecular weight excluding hydrogens is 313 g/mol. The summed E-state index contributed by atoms with van der Waals surface area (Å²) in [7, 11) is -4.21. The second kappa shape index (κ2) is 5.15. The highest BCUT2D eigenvalue weighted by molar-refractivity contribution is 7.94. The lowest BCUT2D eigenvalue weighted by atomic mass is 10.3. The minimum atomic E-state index is -4.21. The standard InChI is InChI=1S/C11H5F3N2O2S2/c12-6-3-8(13)11(14)9(4-6)16-20(17,18)10-2-1-7(5-15)19-10/h1-4,16H. The molecule has 0 radical (unpaired) electrons. The Balaban J connectivity index is 2.41. The third kappa shape index (κ3) is 2.76. The molecule has 9 heteroatoms. The molecule has 0 aliphatic carbocycles. The van der Waals surface area contributed by atoms with Gasteiger partial charge in [-0.3, -0.25) is 4.72 Å². The van der Waals surface area contributed by atoms with Crippen LogP contribution in [0.15, 0.2) is 28.5 Å². The second-order valence-electron chi connectivity index (χ2n) is 3.59. The van der Waals surface area contributed by atoms with Crippen LogP contribution in [0.4, 0.5) is 18.9 Å². The van der Waals surface area contributed by atoms with Crippen LogP contribution in [0.3, 0.4) is 0 Å². The summed E-state index contributed by atoms with van der Waals surface area (Å²) in [4.78, 5) is 0.135. The highest BCUT2D eigenvalue weighted by Gasteiger charge is 2.21. The Bertz CT molecular complexity index is 810. The first-order valence-electron chi connectivity index (χ1n) is 5.01. The topological polar surface area (TPSA) is 70.0 Å². The Hall–Kier alpha value is -2.05. The molecule has 1 heterocycles. The molecule has 2 rings (SSSR count). The number of hydrogen-bond acceptors (Lipinski definition) is 4. The minimum Gasteiger partial charge on any atom is -0.276 e. The van der Waals surface area contributed by atoms with E-state index in [2.05, 4.69) is 0 Å². The van der Waals surface area contributed by atoms with Gasteiger partial charge >= 0.3 is 0 Å². The number of nitrogens with zero attached hydrogens (tertiary/aromatic N) is 1. The van der Waals surface area contributed by atoms with Crippen molar-refractivity contribution in [1.29, 1.82) is 5.26 Å². The van der Waals surface area contributed by atoms with Gasteiger partial charge in [-0.25, -0.2) is 21.6 Å². The molecule has 0 saturated heterocycles. The number of thiophene rings is 1. The zero-order valence-corrected chi connectivity index (χ0v) is 11.2. The fraction of sp³-hybridized carbons (Fsp3) is 0. The van der Waals surface area contributed by atoms with Crippen molar-refractivity contribution in [3.63, 3.8) is 0 Å². The molecule has 0 saturated carbocycles. The van der Waals surface area contributed by atoms with Gasteiger partial charge in [-0.2, -0.15) is 5.26 Å². The van der Waals surface area contributed by atoms with Gasteiger partial charge in [-0.05, 0) is 12.1 Å². The van der Waals surface area contributed by atoms with Crippen LogP contribution in [0.5, 0.6) is 0 Å². The molecule has 0 amide bonds. The highest BCUT2D eigenvalue weighted by Crippen LogP contribution is 2.26. The van der Waals surface area contributed by atoms with E-state index >= 15 is 0 Å². The average Bonchev–Trinajstić information content (AvgIpc) is 2.84. The molecule has 1 aromatic heterocycles. The zero-order chi connectivity index (χ0) is 14.9. The van der Waals surface area contributed by atoms with E-state index in [1.54, 1.807) is 10.8 Å². The summed E-state index contributed by atoms with van der Waals surface area (Å²) in [5.74, 6) is -4.14. The lowest BCUT2D eigenvalue weighted by Gasteiger charge is -2.07. The summed E-state index contributed by atoms with van der Waals surface area (Å²) in [6.45, 7) is 0. The van der Waals surface area contributed by atoms with E-state index in [1.807, 2.05) is 0 Å². The summed E-state index contributed by atoms with van der Waals surface area (Å²) in [6.07, 6.45) is 0. The monoisotopic (exact) mass is 318 g/mol. The first-order chi connectivity index (χ1) is 9.33. The minimum absolute atomic E-state index is 0.135. The summed E-state index contributed by atoms with van der Waals surface area (Å²) >= 11 is 0.652. The third-order valence-electron chi connectivity index (χ3n) is 2.19. The molecule has 0 atom stereocenters. The largest absolute Gasteiger partial charge is 0.276 e. The molecule has 1 N–H and O–H groups in total. The molecule has 2 aromatic rings. The lowest BCUT2D eigenvalue weighted by Crippen LogP contribution is -2.13. The Morgan fingerprint density at radius 2 is 1.90 bits per heavy atom. The van der Waals surface area contributed by atoms with Crippen LogP contribution in [0, 0.1) is 28.8 Å². The van der Waals surface area contributed by atoms with Crippen molar-refractivity contribution in [3.8, 4) is 6.07 Å². The SMILES string of the molecule is N#Cc1ccc(S(=O)(=O)Nc2cc(F)cc(F)c2F)s1. The van der Waals surface area contributed by atoms with E-state index < -0.39 is 33.2 Å². The molecule has 4 nitrogen and oxygen atoms in total. The first-order valence-corrected chi connectivity index (χ1v) is 7.31. The molecule has 20 heavy (non-hydrogen) atoms. The van der Waals surface area contributed by atoms with Crippen LogP contribution in [-0.2, 0) is 10.0 Å². The quantitative estimate of drug-likeness (QED) is 0.885. The van der Waals surface area contributed by atoms with Gasteiger partial charge in [0.25, 0.3) is 10.0 Å². The normalized spacial score (nSPS) is 11.1. The van der Waals surface area contributed by atoms with Gasteiger partial charge in [0.05, 0.1) is 5.69 Å². The van der Waals surface area contributed by atoms with Gasteiger partial charge in [0.15, 0.2) is 11.6 Å². The molecule has 0 fully saturated rings. The van der Waals surface area contributed by atoms with Gasteiger partial charge in [0, 0.05) is 12.1 Å². The van der Waals surface area contributed by atoms with Crippen LogP contribution in [0.1, 0.15) is 4.88 Å². The van der Waals surface area contributed by atoms with Gasteiger partial charge in [-0.15, -0.1) is 11.3 Å². The fourth-order valence-electron chi connectivity index (χ4n) is 1.35. The van der Waals surface area contributed by atoms with Crippen molar-refractivity contribution in [2.75, 3.05) is 4.72 Å². The Morgan fingerprint density at radius 3 is 2.50 bits per heavy atom. The molecule has 104 valence electrons. The Labute approximate surface area is 116 Å². The summed E-state index contributed by atoms with van der Waals surface area (Å²) in [6, 6.07) is 4.97. The number of nitrogens with one attached hydrogen (secondary N) is 1. The van der Waals surface area contributed by atoms with E-state index in [0.717, 1.165) is 6.07 Å². The van der Waals surface area contributed by atoms with Crippen molar-refractivity contribution in [1.82, 2.24) is 0 Å². The second-order valence-corrected chi connectivity index (χ2v) is 6.58. The fourth-order valence-corrected chi connectivity index (χ4v) is 3.50. The lowest BCUT2D eigenvalue weighted by molar-refractivity contribution is 0.498. The van der Waals surface area contributed by atoms with Crippen molar-refractivity contribution in [3.05, 3.63) is 46.6 Å². The smallest absolute Gasteiger partial charge is 0.271 e. The summed E-state index contributed by atoms with van der Waals surface area (Å²) in [5.41, 5.74) is -0.839. The van der Waals surface area contributed by atoms with Gasteiger partial charge in [0.1, 0.15) is 21.0 Å². The van der Waals surface area contributed by atoms with Crippen molar-refractivity contribution >= 4 is 27.0 Å². The van der Waals surface area contributed by atoms with E-state index in [-0.39, 0.29) is 9.09 Å². The predicted octanol–water partition coefficient (Wildman–Crippen LogP) is 2.84. The van der Waals surface area contributed by atoms with E-state index in [4.69, 9.17) is 5.26 Å². The van der Waals surface area contributed by atoms with Crippen LogP contribution < -0.4 is 4.72 Å². The van der Waals surface area contributed by atoms with Crippen LogP contribution in [-0.4, -0.2) is 8.42 Å². The number of benzene rings is 1. The Kier molecular flexibility index (Phi) is 3.69. The van der Waals surface area contributed by atoms with E-state index in [1.165, 1.54) is 6.07 Å². The summed E-state index contributed by atoms with van der Waals surface area (Å²) < 4.78 is 64.6. The van der Waals surface area contributed by atoms with Crippen LogP contribution >= 0.6 is 11.3 Å². The zero-order valence-electron chi connectivity index (χ0n) is 9.52. The van der Waals surface area contributed by atoms with Gasteiger partial charge in [-0.1, -0.05) is 0 Å². The number of sulfonamides is 1. The molecule has 0 aliphatic rings. The molecule has 0 aliphatic heterocycles. The molecule has 0 bridgehead atoms. The maximum Gasteiger partial charge on any atom is 0.271 e. The number of anilines is 1. The van der Waals surface area contributed by atoms with Crippen molar-refractivity contribution in [2.24, 2.45) is 0 Å². The maximum absolute atomic E-state index is 13.4. The predicted molar refractivity (Wildman–Crippen MR) is 66.2 cm³/mol. The first kappa shape index (κ1) is 14.4. The van der Waals surface area contributed by atoms with E-state index in [0.29, 0.717) is 23.5 Å². The number of nitriles is 1. The van der Waals surface area contributed by atoms with Crippen LogP contribution in [0.2, 0.25) is 0 Å². The Morgan fingerprint density at radius 1 is 1.20 bits per heavy atom. The van der Waals surface area contributed by atoms with E-state index in [9.17, 15) is 21.6 Å². The average molecular weight is 318 g/mol.